The average molecular weight is 378 g/mol. The number of aliphatic hydroxyl groups is 1. The molecule has 1 aliphatic heterocycles. The van der Waals surface area contributed by atoms with Crippen LogP contribution in [0.4, 0.5) is 10.1 Å². The Balaban J connectivity index is 2.08. The smallest absolute Gasteiger partial charge is 0.271 e. The third kappa shape index (κ3) is 3.30. The van der Waals surface area contributed by atoms with Gasteiger partial charge in [-0.2, -0.15) is 0 Å². The van der Waals surface area contributed by atoms with E-state index in [-0.39, 0.29) is 28.6 Å². The maximum Gasteiger partial charge on any atom is 0.271 e. The zero-order valence-corrected chi connectivity index (χ0v) is 15.0. The van der Waals surface area contributed by atoms with Crippen molar-refractivity contribution in [3.05, 3.63) is 58.4 Å². The van der Waals surface area contributed by atoms with Crippen LogP contribution >= 0.6 is 11.6 Å². The van der Waals surface area contributed by atoms with Gasteiger partial charge in [0.15, 0.2) is 11.4 Å². The lowest BCUT2D eigenvalue weighted by molar-refractivity contribution is -0.132. The van der Waals surface area contributed by atoms with Gasteiger partial charge in [-0.25, -0.2) is 4.39 Å². The molecule has 1 N–H and O–H groups in total. The summed E-state index contributed by atoms with van der Waals surface area (Å²) in [7, 11) is 0. The molecular weight excluding hydrogens is 361 g/mol. The van der Waals surface area contributed by atoms with Gasteiger partial charge in [-0.3, -0.25) is 9.59 Å². The molecule has 1 heterocycles. The van der Waals surface area contributed by atoms with Gasteiger partial charge in [0, 0.05) is 16.1 Å². The maximum absolute atomic E-state index is 14.2. The molecule has 136 valence electrons. The van der Waals surface area contributed by atoms with Gasteiger partial charge in [0.1, 0.15) is 18.2 Å². The maximum atomic E-state index is 14.2. The fraction of sp³-hybridized carbons (Fsp3) is 0.263. The van der Waals surface area contributed by atoms with Crippen LogP contribution < -0.4 is 9.64 Å². The molecule has 0 atom stereocenters. The highest BCUT2D eigenvalue weighted by Crippen LogP contribution is 2.39. The summed E-state index contributed by atoms with van der Waals surface area (Å²) >= 11 is 5.78. The lowest BCUT2D eigenvalue weighted by Crippen LogP contribution is -2.52. The number of amides is 1. The molecule has 7 heteroatoms. The predicted octanol–water partition coefficient (Wildman–Crippen LogP) is 3.36. The van der Waals surface area contributed by atoms with Crippen molar-refractivity contribution in [2.75, 3.05) is 11.5 Å². The normalized spacial score (nSPS) is 15.4. The number of fused-ring (bicyclic) bond motifs is 1. The fourth-order valence-corrected chi connectivity index (χ4v) is 2.97. The molecule has 26 heavy (non-hydrogen) atoms. The molecule has 1 aliphatic rings. The molecule has 0 spiro atoms. The summed E-state index contributed by atoms with van der Waals surface area (Å²) < 4.78 is 20.0. The summed E-state index contributed by atoms with van der Waals surface area (Å²) in [4.78, 5) is 26.0. The first-order chi connectivity index (χ1) is 12.2. The van der Waals surface area contributed by atoms with E-state index < -0.39 is 23.8 Å². The quantitative estimate of drug-likeness (QED) is 0.830. The monoisotopic (exact) mass is 377 g/mol. The number of carbonyl (C=O) groups is 2. The van der Waals surface area contributed by atoms with Crippen LogP contribution in [0.2, 0.25) is 5.02 Å². The second-order valence-corrected chi connectivity index (χ2v) is 6.94. The average Bonchev–Trinajstić information content (AvgIpc) is 2.59. The van der Waals surface area contributed by atoms with E-state index in [9.17, 15) is 14.0 Å². The third-order valence-electron chi connectivity index (χ3n) is 4.18. The van der Waals surface area contributed by atoms with Gasteiger partial charge in [-0.15, -0.1) is 0 Å². The Hall–Kier alpha value is -2.44. The Labute approximate surface area is 154 Å². The third-order valence-corrected chi connectivity index (χ3v) is 4.42. The number of aliphatic hydroxyl groups excluding tert-OH is 1. The molecule has 0 unspecified atom stereocenters. The fourth-order valence-electron chi connectivity index (χ4n) is 2.81. The van der Waals surface area contributed by atoms with Gasteiger partial charge in [-0.05, 0) is 44.2 Å². The standard InChI is InChI=1S/C19H17ClFNO4/c1-19(2)18(25)22(9-12-3-5-13(20)8-14(12)21)15-7-11(16(24)10-23)4-6-17(15)26-19/h3-8,23H,9-10H2,1-2H3. The number of ether oxygens (including phenoxy) is 1. The predicted molar refractivity (Wildman–Crippen MR) is 95.2 cm³/mol. The molecule has 0 radical (unpaired) electrons. The first-order valence-electron chi connectivity index (χ1n) is 7.96. The van der Waals surface area contributed by atoms with E-state index in [1.54, 1.807) is 26.0 Å². The van der Waals surface area contributed by atoms with Gasteiger partial charge < -0.3 is 14.7 Å². The first-order valence-corrected chi connectivity index (χ1v) is 8.34. The first kappa shape index (κ1) is 18.4. The van der Waals surface area contributed by atoms with Crippen molar-refractivity contribution in [2.24, 2.45) is 0 Å². The molecule has 2 aromatic carbocycles. The van der Waals surface area contributed by atoms with Gasteiger partial charge in [-0.1, -0.05) is 17.7 Å². The summed E-state index contributed by atoms with van der Waals surface area (Å²) in [6.07, 6.45) is 0. The van der Waals surface area contributed by atoms with Crippen molar-refractivity contribution >= 4 is 29.0 Å². The van der Waals surface area contributed by atoms with Gasteiger partial charge >= 0.3 is 0 Å². The van der Waals surface area contributed by atoms with Crippen molar-refractivity contribution in [1.29, 1.82) is 0 Å². The molecule has 2 aromatic rings. The van der Waals surface area contributed by atoms with E-state index in [2.05, 4.69) is 0 Å². The number of hydrogen-bond acceptors (Lipinski definition) is 4. The van der Waals surface area contributed by atoms with Crippen molar-refractivity contribution < 1.29 is 23.8 Å². The number of anilines is 1. The summed E-state index contributed by atoms with van der Waals surface area (Å²) in [6, 6.07) is 8.79. The van der Waals surface area contributed by atoms with Gasteiger partial charge in [0.25, 0.3) is 5.91 Å². The number of rotatable bonds is 4. The highest BCUT2D eigenvalue weighted by Gasteiger charge is 2.41. The van der Waals surface area contributed by atoms with Crippen molar-refractivity contribution in [1.82, 2.24) is 0 Å². The molecule has 0 saturated heterocycles. The molecule has 3 rings (SSSR count). The van der Waals surface area contributed by atoms with Crippen LogP contribution in [0.1, 0.15) is 29.8 Å². The van der Waals surface area contributed by atoms with E-state index in [4.69, 9.17) is 21.4 Å². The summed E-state index contributed by atoms with van der Waals surface area (Å²) in [6.45, 7) is 2.55. The highest BCUT2D eigenvalue weighted by molar-refractivity contribution is 6.30. The molecule has 1 amide bonds. The van der Waals surface area contributed by atoms with Gasteiger partial charge in [0.2, 0.25) is 0 Å². The van der Waals surface area contributed by atoms with Crippen LogP contribution in [0.25, 0.3) is 0 Å². The Morgan fingerprint density at radius 1 is 1.27 bits per heavy atom. The van der Waals surface area contributed by atoms with E-state index in [0.29, 0.717) is 11.4 Å². The second kappa shape index (κ2) is 6.70. The molecule has 0 aromatic heterocycles. The zero-order valence-electron chi connectivity index (χ0n) is 14.3. The number of carbonyl (C=O) groups excluding carboxylic acids is 2. The van der Waals surface area contributed by atoms with Crippen LogP contribution in [0.3, 0.4) is 0 Å². The number of halogens is 2. The number of hydrogen-bond donors (Lipinski definition) is 1. The minimum atomic E-state index is -1.14. The molecule has 0 aliphatic carbocycles. The van der Waals surface area contributed by atoms with Crippen LogP contribution in [-0.4, -0.2) is 29.0 Å². The minimum Gasteiger partial charge on any atom is -0.476 e. The topological polar surface area (TPSA) is 66.8 Å². The van der Waals surface area contributed by atoms with Gasteiger partial charge in [0.05, 0.1) is 12.2 Å². The van der Waals surface area contributed by atoms with E-state index in [0.717, 1.165) is 0 Å². The molecule has 0 fully saturated rings. The molecular formula is C19H17ClFNO4. The summed E-state index contributed by atoms with van der Waals surface area (Å²) in [5, 5.41) is 9.33. The largest absolute Gasteiger partial charge is 0.476 e. The second-order valence-electron chi connectivity index (χ2n) is 6.50. The van der Waals surface area contributed by atoms with Crippen molar-refractivity contribution in [3.8, 4) is 5.75 Å². The van der Waals surface area contributed by atoms with E-state index in [1.165, 1.54) is 29.2 Å². The molecule has 5 nitrogen and oxygen atoms in total. The number of Topliss-reactive ketones (excluding diaryl/α,β-unsaturated/α-hetero) is 1. The number of benzene rings is 2. The summed E-state index contributed by atoms with van der Waals surface area (Å²) in [5.41, 5.74) is -0.268. The summed E-state index contributed by atoms with van der Waals surface area (Å²) in [5.74, 6) is -0.979. The molecule has 0 saturated carbocycles. The molecule has 0 bridgehead atoms. The lowest BCUT2D eigenvalue weighted by atomic mass is 10.0. The van der Waals surface area contributed by atoms with Crippen LogP contribution in [0.5, 0.6) is 5.75 Å². The number of nitrogens with zero attached hydrogens (tertiary/aromatic N) is 1. The number of ketones is 1. The van der Waals surface area contributed by atoms with Crippen LogP contribution in [-0.2, 0) is 11.3 Å². The van der Waals surface area contributed by atoms with Crippen LogP contribution in [0.15, 0.2) is 36.4 Å². The Bertz CT molecular complexity index is 897. The van der Waals surface area contributed by atoms with E-state index >= 15 is 0 Å². The SMILES string of the molecule is CC1(C)Oc2ccc(C(=O)CO)cc2N(Cc2ccc(Cl)cc2F)C1=O. The lowest BCUT2D eigenvalue weighted by Gasteiger charge is -2.39. The highest BCUT2D eigenvalue weighted by atomic mass is 35.5. The minimum absolute atomic E-state index is 0.0433. The Morgan fingerprint density at radius 2 is 2.00 bits per heavy atom. The zero-order chi connectivity index (χ0) is 19.1. The van der Waals surface area contributed by atoms with E-state index in [1.807, 2.05) is 0 Å². The Kier molecular flexibility index (Phi) is 4.73. The van der Waals surface area contributed by atoms with Crippen molar-refractivity contribution in [3.63, 3.8) is 0 Å². The Morgan fingerprint density at radius 3 is 2.65 bits per heavy atom. The van der Waals surface area contributed by atoms with Crippen molar-refractivity contribution in [2.45, 2.75) is 26.0 Å². The van der Waals surface area contributed by atoms with Crippen LogP contribution in [0, 0.1) is 5.82 Å².